The molecule has 1 fully saturated rings. The Balaban J connectivity index is 1.34. The first-order chi connectivity index (χ1) is 19.5. The highest BCUT2D eigenvalue weighted by molar-refractivity contribution is 7.92. The second-order valence-electron chi connectivity index (χ2n) is 10.8. The van der Waals surface area contributed by atoms with Gasteiger partial charge in [-0.1, -0.05) is 30.3 Å². The van der Waals surface area contributed by atoms with Crippen molar-refractivity contribution < 1.29 is 9.29 Å². The predicted molar refractivity (Wildman–Crippen MR) is 156 cm³/mol. The maximum atomic E-state index is 13.3. The maximum Gasteiger partial charge on any atom is 0.269 e. The van der Waals surface area contributed by atoms with Crippen LogP contribution in [0.25, 0.3) is 11.3 Å². The van der Waals surface area contributed by atoms with Gasteiger partial charge in [0.05, 0.1) is 18.8 Å². The van der Waals surface area contributed by atoms with Gasteiger partial charge in [-0.3, -0.25) is 4.90 Å². The first-order valence-electron chi connectivity index (χ1n) is 13.9. The van der Waals surface area contributed by atoms with Gasteiger partial charge in [0, 0.05) is 36.5 Å². The number of hydrogen-bond acceptors (Lipinski definition) is 8. The molecule has 9 heteroatoms. The van der Waals surface area contributed by atoms with Crippen LogP contribution in [0.5, 0.6) is 5.88 Å². The normalized spacial score (nSPS) is 21.4. The minimum absolute atomic E-state index is 0.291. The van der Waals surface area contributed by atoms with Crippen molar-refractivity contribution in [3.63, 3.8) is 0 Å². The third-order valence-electron chi connectivity index (χ3n) is 7.95. The Hall–Kier alpha value is -3.53. The lowest BCUT2D eigenvalue weighted by Gasteiger charge is -2.38. The van der Waals surface area contributed by atoms with E-state index < -0.39 is 11.4 Å². The maximum absolute atomic E-state index is 13.3. The average molecular weight is 555 g/mol. The number of likely N-dealkylation sites (tertiary alicyclic amines) is 1. The number of fused-ring (bicyclic) bond motifs is 5. The SMILES string of the molecule is Cc1cccc(C)c1-c1cc2nc(n1)N[S+]([O-])c1cccc(c1)CCC1CCN(Cc3ncccn3)C[C@@H]1CO2. The lowest BCUT2D eigenvalue weighted by Crippen LogP contribution is -2.43. The van der Waals surface area contributed by atoms with Crippen molar-refractivity contribution in [3.05, 3.63) is 89.5 Å². The number of hydrogen-bond donors (Lipinski definition) is 1. The number of anilines is 1. The number of nitrogens with one attached hydrogen (secondary N) is 1. The molecule has 0 spiro atoms. The van der Waals surface area contributed by atoms with Crippen LogP contribution in [0.15, 0.2) is 71.9 Å². The molecule has 1 N–H and O–H groups in total. The number of ether oxygens (including phenoxy) is 1. The average Bonchev–Trinajstić information content (AvgIpc) is 2.96. The van der Waals surface area contributed by atoms with E-state index in [-0.39, 0.29) is 0 Å². The number of nitrogens with zero attached hydrogens (tertiary/aromatic N) is 5. The standard InChI is InChI=1S/C31H34N6O2S/c1-21-6-3-7-22(2)30(21)27-17-29-35-31(34-27)36-40(38)26-9-4-8-23(16-26)10-11-24-12-15-37(18-25(24)20-39-29)19-28-32-13-5-14-33-28/h3-9,13-14,16-17,24-25H,10-12,15,18-20H2,1-2H3,(H,34,35,36)/t24?,25-,40?/m1/s1. The zero-order valence-corrected chi connectivity index (χ0v) is 23.7. The minimum Gasteiger partial charge on any atom is -0.588 e. The van der Waals surface area contributed by atoms with Crippen LogP contribution in [0, 0.1) is 25.7 Å². The Morgan fingerprint density at radius 1 is 0.975 bits per heavy atom. The van der Waals surface area contributed by atoms with Crippen molar-refractivity contribution in [3.8, 4) is 17.1 Å². The molecule has 0 amide bonds. The Morgan fingerprint density at radius 2 is 1.77 bits per heavy atom. The number of aryl methyl sites for hydroxylation is 3. The van der Waals surface area contributed by atoms with Crippen LogP contribution in [-0.2, 0) is 24.3 Å². The van der Waals surface area contributed by atoms with Gasteiger partial charge in [-0.2, -0.15) is 9.71 Å². The summed E-state index contributed by atoms with van der Waals surface area (Å²) in [5.74, 6) is 2.45. The van der Waals surface area contributed by atoms with Gasteiger partial charge in [-0.05, 0) is 80.5 Å². The van der Waals surface area contributed by atoms with E-state index >= 15 is 0 Å². The van der Waals surface area contributed by atoms with Gasteiger partial charge in [0.1, 0.15) is 17.2 Å². The zero-order valence-electron chi connectivity index (χ0n) is 22.9. The summed E-state index contributed by atoms with van der Waals surface area (Å²) in [4.78, 5) is 21.4. The first-order valence-corrected chi connectivity index (χ1v) is 15.0. The van der Waals surface area contributed by atoms with E-state index in [2.05, 4.69) is 56.6 Å². The van der Waals surface area contributed by atoms with Crippen molar-refractivity contribution in [2.75, 3.05) is 24.4 Å². The van der Waals surface area contributed by atoms with Crippen LogP contribution >= 0.6 is 0 Å². The van der Waals surface area contributed by atoms with Gasteiger partial charge in [-0.15, -0.1) is 0 Å². The number of piperidine rings is 1. The molecule has 40 heavy (non-hydrogen) atoms. The molecule has 0 saturated carbocycles. The molecule has 0 radical (unpaired) electrons. The highest BCUT2D eigenvalue weighted by Gasteiger charge is 2.31. The van der Waals surface area contributed by atoms with Crippen LogP contribution < -0.4 is 9.46 Å². The predicted octanol–water partition coefficient (Wildman–Crippen LogP) is 5.15. The van der Waals surface area contributed by atoms with Crippen LogP contribution in [0.3, 0.4) is 0 Å². The Bertz CT molecular complexity index is 1450. The molecule has 0 aliphatic carbocycles. The monoisotopic (exact) mass is 554 g/mol. The molecule has 1 saturated heterocycles. The molecule has 2 unspecified atom stereocenters. The molecule has 206 valence electrons. The summed E-state index contributed by atoms with van der Waals surface area (Å²) in [6, 6.07) is 18.0. The van der Waals surface area contributed by atoms with Gasteiger partial charge in [0.2, 0.25) is 5.88 Å². The van der Waals surface area contributed by atoms with Crippen molar-refractivity contribution >= 4 is 17.3 Å². The van der Waals surface area contributed by atoms with Crippen molar-refractivity contribution in [1.29, 1.82) is 0 Å². The van der Waals surface area contributed by atoms with E-state index in [9.17, 15) is 4.55 Å². The van der Waals surface area contributed by atoms with Crippen LogP contribution in [0.1, 0.15) is 35.4 Å². The van der Waals surface area contributed by atoms with Gasteiger partial charge < -0.3 is 9.29 Å². The number of benzene rings is 2. The fourth-order valence-electron chi connectivity index (χ4n) is 5.87. The molecule has 2 aromatic heterocycles. The molecular weight excluding hydrogens is 520 g/mol. The summed E-state index contributed by atoms with van der Waals surface area (Å²) < 4.78 is 22.8. The topological polar surface area (TPSA) is 99.1 Å². The first kappa shape index (κ1) is 26.7. The summed E-state index contributed by atoms with van der Waals surface area (Å²) >= 11 is -1.50. The largest absolute Gasteiger partial charge is 0.588 e. The van der Waals surface area contributed by atoms with Crippen molar-refractivity contribution in [2.24, 2.45) is 11.8 Å². The highest BCUT2D eigenvalue weighted by atomic mass is 32.2. The van der Waals surface area contributed by atoms with E-state index in [1.165, 1.54) is 5.56 Å². The molecule has 2 aromatic carbocycles. The molecule has 6 rings (SSSR count). The minimum atomic E-state index is -1.50. The van der Waals surface area contributed by atoms with E-state index in [1.54, 1.807) is 12.4 Å². The van der Waals surface area contributed by atoms with Crippen LogP contribution in [0.4, 0.5) is 5.95 Å². The van der Waals surface area contributed by atoms with E-state index in [0.717, 1.165) is 67.1 Å². The third kappa shape index (κ3) is 6.11. The molecule has 4 heterocycles. The van der Waals surface area contributed by atoms with Crippen LogP contribution in [-0.4, -0.2) is 49.1 Å². The Kier molecular flexibility index (Phi) is 7.95. The fourth-order valence-corrected chi connectivity index (χ4v) is 6.71. The van der Waals surface area contributed by atoms with Gasteiger partial charge >= 0.3 is 0 Å². The quantitative estimate of drug-likeness (QED) is 0.347. The molecular formula is C31H34N6O2S. The third-order valence-corrected chi connectivity index (χ3v) is 9.00. The fraction of sp³-hybridized carbons (Fsp3) is 0.355. The molecule has 4 aromatic rings. The van der Waals surface area contributed by atoms with Crippen molar-refractivity contribution in [1.82, 2.24) is 24.8 Å². The van der Waals surface area contributed by atoms with Gasteiger partial charge in [-0.25, -0.2) is 15.0 Å². The molecule has 2 aliphatic heterocycles. The Labute approximate surface area is 238 Å². The molecule has 3 atom stereocenters. The zero-order chi connectivity index (χ0) is 27.5. The lowest BCUT2D eigenvalue weighted by molar-refractivity contribution is 0.0693. The second kappa shape index (κ2) is 11.9. The van der Waals surface area contributed by atoms with Gasteiger partial charge in [0.25, 0.3) is 5.95 Å². The van der Waals surface area contributed by atoms with E-state index in [1.807, 2.05) is 36.4 Å². The summed E-state index contributed by atoms with van der Waals surface area (Å²) in [5, 5.41) is 0. The Morgan fingerprint density at radius 3 is 2.60 bits per heavy atom. The van der Waals surface area contributed by atoms with Crippen molar-refractivity contribution in [2.45, 2.75) is 44.6 Å². The van der Waals surface area contributed by atoms with E-state index in [0.29, 0.717) is 35.2 Å². The number of aromatic nitrogens is 4. The molecule has 8 nitrogen and oxygen atoms in total. The van der Waals surface area contributed by atoms with Crippen LogP contribution in [0.2, 0.25) is 0 Å². The van der Waals surface area contributed by atoms with Gasteiger partial charge in [0.15, 0.2) is 4.90 Å². The summed E-state index contributed by atoms with van der Waals surface area (Å²) in [7, 11) is 0. The smallest absolute Gasteiger partial charge is 0.269 e. The summed E-state index contributed by atoms with van der Waals surface area (Å²) in [6.45, 7) is 7.34. The molecule has 4 bridgehead atoms. The second-order valence-corrected chi connectivity index (χ2v) is 12.0. The lowest BCUT2D eigenvalue weighted by atomic mass is 9.82. The highest BCUT2D eigenvalue weighted by Crippen LogP contribution is 2.32. The van der Waals surface area contributed by atoms with E-state index in [4.69, 9.17) is 9.72 Å². The number of rotatable bonds is 3. The summed E-state index contributed by atoms with van der Waals surface area (Å²) in [5.41, 5.74) is 5.21. The molecule has 2 aliphatic rings. The summed E-state index contributed by atoms with van der Waals surface area (Å²) in [6.07, 6.45) is 6.67.